The highest BCUT2D eigenvalue weighted by atomic mass is 16.6. The van der Waals surface area contributed by atoms with Crippen LogP contribution in [0.1, 0.15) is 16.7 Å². The third-order valence-corrected chi connectivity index (χ3v) is 2.94. The number of benzene rings is 2. The molecule has 0 bridgehead atoms. The largest absolute Gasteiger partial charge is 0.496 e. The number of methoxy groups -OCH3 is 1. The van der Waals surface area contributed by atoms with E-state index in [9.17, 15) is 10.1 Å². The van der Waals surface area contributed by atoms with Gasteiger partial charge in [0.05, 0.1) is 12.0 Å². The van der Waals surface area contributed by atoms with E-state index in [2.05, 4.69) is 12.1 Å². The van der Waals surface area contributed by atoms with Gasteiger partial charge in [0.25, 0.3) is 0 Å². The fraction of sp³-hybridized carbons (Fsp3) is 0.125. The second-order valence-corrected chi connectivity index (χ2v) is 4.33. The summed E-state index contributed by atoms with van der Waals surface area (Å²) >= 11 is 0. The number of nitro groups is 1. The van der Waals surface area contributed by atoms with Crippen molar-refractivity contribution in [3.05, 3.63) is 81.5 Å². The van der Waals surface area contributed by atoms with E-state index in [4.69, 9.17) is 4.74 Å². The zero-order chi connectivity index (χ0) is 14.4. The van der Waals surface area contributed by atoms with Gasteiger partial charge in [0.1, 0.15) is 5.75 Å². The Hall–Kier alpha value is -2.62. The fourth-order valence-corrected chi connectivity index (χ4v) is 1.97. The number of hydrogen-bond donors (Lipinski definition) is 0. The van der Waals surface area contributed by atoms with Gasteiger partial charge in [0, 0.05) is 12.5 Å². The van der Waals surface area contributed by atoms with Crippen LogP contribution in [0.3, 0.4) is 0 Å². The Kier molecular flexibility index (Phi) is 4.50. The molecule has 102 valence electrons. The van der Waals surface area contributed by atoms with E-state index >= 15 is 0 Å². The van der Waals surface area contributed by atoms with Gasteiger partial charge >= 0.3 is 0 Å². The van der Waals surface area contributed by atoms with Crippen LogP contribution < -0.4 is 4.74 Å². The van der Waals surface area contributed by atoms with Gasteiger partial charge in [-0.15, -0.1) is 0 Å². The molecule has 0 heterocycles. The molecule has 2 aromatic carbocycles. The van der Waals surface area contributed by atoms with Gasteiger partial charge in [0.2, 0.25) is 6.20 Å². The smallest absolute Gasteiger partial charge is 0.235 e. The SMILES string of the molecule is COc1cc(C=C[N+](=O)[O-])ccc1Cc1ccccc1. The molecule has 0 fully saturated rings. The minimum absolute atomic E-state index is 0.482. The Morgan fingerprint density at radius 1 is 1.20 bits per heavy atom. The summed E-state index contributed by atoms with van der Waals surface area (Å²) in [5, 5.41) is 10.3. The summed E-state index contributed by atoms with van der Waals surface area (Å²) in [6, 6.07) is 15.7. The summed E-state index contributed by atoms with van der Waals surface area (Å²) in [5.74, 6) is 0.736. The molecular formula is C16H15NO3. The molecule has 20 heavy (non-hydrogen) atoms. The number of rotatable bonds is 5. The first-order valence-corrected chi connectivity index (χ1v) is 6.21. The summed E-state index contributed by atoms with van der Waals surface area (Å²) in [5.41, 5.74) is 2.99. The average molecular weight is 269 g/mol. The molecule has 4 heteroatoms. The van der Waals surface area contributed by atoms with Gasteiger partial charge in [-0.2, -0.15) is 0 Å². The second-order valence-electron chi connectivity index (χ2n) is 4.33. The third-order valence-electron chi connectivity index (χ3n) is 2.94. The lowest BCUT2D eigenvalue weighted by atomic mass is 10.0. The molecule has 0 amide bonds. The first-order chi connectivity index (χ1) is 9.69. The highest BCUT2D eigenvalue weighted by Crippen LogP contribution is 2.23. The predicted octanol–water partition coefficient (Wildman–Crippen LogP) is 3.53. The topological polar surface area (TPSA) is 52.4 Å². The lowest BCUT2D eigenvalue weighted by Gasteiger charge is -2.09. The molecule has 0 aliphatic carbocycles. The zero-order valence-corrected chi connectivity index (χ0v) is 11.2. The molecule has 0 aliphatic rings. The maximum Gasteiger partial charge on any atom is 0.235 e. The van der Waals surface area contributed by atoms with Gasteiger partial charge < -0.3 is 4.74 Å². The van der Waals surface area contributed by atoms with E-state index in [1.165, 1.54) is 11.6 Å². The van der Waals surface area contributed by atoms with Crippen LogP contribution in [0, 0.1) is 10.1 Å². The lowest BCUT2D eigenvalue weighted by molar-refractivity contribution is -0.400. The van der Waals surface area contributed by atoms with E-state index in [0.717, 1.165) is 29.5 Å². The maximum atomic E-state index is 10.3. The minimum atomic E-state index is -0.482. The average Bonchev–Trinajstić information content (AvgIpc) is 2.47. The van der Waals surface area contributed by atoms with E-state index in [1.54, 1.807) is 13.2 Å². The molecule has 2 aromatic rings. The predicted molar refractivity (Wildman–Crippen MR) is 78.3 cm³/mol. The highest BCUT2D eigenvalue weighted by Gasteiger charge is 2.05. The Morgan fingerprint density at radius 2 is 1.95 bits per heavy atom. The van der Waals surface area contributed by atoms with Gasteiger partial charge in [-0.25, -0.2) is 0 Å². The van der Waals surface area contributed by atoms with E-state index in [1.807, 2.05) is 30.3 Å². The summed E-state index contributed by atoms with van der Waals surface area (Å²) in [7, 11) is 1.60. The summed E-state index contributed by atoms with van der Waals surface area (Å²) in [6.45, 7) is 0. The van der Waals surface area contributed by atoms with Crippen LogP contribution in [0.15, 0.2) is 54.7 Å². The van der Waals surface area contributed by atoms with Crippen molar-refractivity contribution in [2.75, 3.05) is 7.11 Å². The summed E-state index contributed by atoms with van der Waals surface area (Å²) < 4.78 is 5.36. The van der Waals surface area contributed by atoms with Crippen molar-refractivity contribution in [1.29, 1.82) is 0 Å². The Morgan fingerprint density at radius 3 is 2.60 bits per heavy atom. The highest BCUT2D eigenvalue weighted by molar-refractivity contribution is 5.53. The molecule has 0 N–H and O–H groups in total. The van der Waals surface area contributed by atoms with Crippen molar-refractivity contribution in [3.63, 3.8) is 0 Å². The molecule has 0 spiro atoms. The quantitative estimate of drug-likeness (QED) is 0.616. The van der Waals surface area contributed by atoms with Crippen LogP contribution in [-0.4, -0.2) is 12.0 Å². The van der Waals surface area contributed by atoms with Gasteiger partial charge in [-0.05, 0) is 22.8 Å². The molecule has 0 saturated carbocycles. The van der Waals surface area contributed by atoms with Crippen molar-refractivity contribution >= 4 is 6.08 Å². The standard InChI is InChI=1S/C16H15NO3/c1-20-16-12-14(9-10-17(18)19)7-8-15(16)11-13-5-3-2-4-6-13/h2-10,12H,11H2,1H3. The second kappa shape index (κ2) is 6.52. The lowest BCUT2D eigenvalue weighted by Crippen LogP contribution is -1.94. The molecule has 4 nitrogen and oxygen atoms in total. The molecule has 0 atom stereocenters. The minimum Gasteiger partial charge on any atom is -0.496 e. The maximum absolute atomic E-state index is 10.3. The van der Waals surface area contributed by atoms with Crippen LogP contribution in [0.2, 0.25) is 0 Å². The van der Waals surface area contributed by atoms with Crippen LogP contribution in [-0.2, 0) is 6.42 Å². The van der Waals surface area contributed by atoms with Crippen LogP contribution in [0.5, 0.6) is 5.75 Å². The summed E-state index contributed by atoms with van der Waals surface area (Å²) in [4.78, 5) is 9.84. The Balaban J connectivity index is 2.24. The van der Waals surface area contributed by atoms with Crippen LogP contribution in [0.25, 0.3) is 6.08 Å². The van der Waals surface area contributed by atoms with E-state index in [-0.39, 0.29) is 0 Å². The molecular weight excluding hydrogens is 254 g/mol. The van der Waals surface area contributed by atoms with E-state index < -0.39 is 4.92 Å². The van der Waals surface area contributed by atoms with Gasteiger partial charge in [-0.3, -0.25) is 10.1 Å². The molecule has 0 aromatic heterocycles. The molecule has 0 unspecified atom stereocenters. The van der Waals surface area contributed by atoms with Crippen molar-refractivity contribution in [2.24, 2.45) is 0 Å². The number of hydrogen-bond acceptors (Lipinski definition) is 3. The number of ether oxygens (including phenoxy) is 1. The van der Waals surface area contributed by atoms with Gasteiger partial charge in [-0.1, -0.05) is 42.5 Å². The fourth-order valence-electron chi connectivity index (χ4n) is 1.97. The van der Waals surface area contributed by atoms with Crippen LogP contribution >= 0.6 is 0 Å². The third kappa shape index (κ3) is 3.68. The van der Waals surface area contributed by atoms with Gasteiger partial charge in [0.15, 0.2) is 0 Å². The van der Waals surface area contributed by atoms with Crippen molar-refractivity contribution in [1.82, 2.24) is 0 Å². The van der Waals surface area contributed by atoms with Crippen molar-refractivity contribution in [3.8, 4) is 5.75 Å². The van der Waals surface area contributed by atoms with E-state index in [0.29, 0.717) is 0 Å². The Labute approximate surface area is 117 Å². The summed E-state index contributed by atoms with van der Waals surface area (Å²) in [6.07, 6.45) is 3.14. The zero-order valence-electron chi connectivity index (χ0n) is 11.2. The molecule has 0 aliphatic heterocycles. The number of nitrogens with zero attached hydrogens (tertiary/aromatic N) is 1. The monoisotopic (exact) mass is 269 g/mol. The van der Waals surface area contributed by atoms with Crippen LogP contribution in [0.4, 0.5) is 0 Å². The first-order valence-electron chi connectivity index (χ1n) is 6.21. The van der Waals surface area contributed by atoms with Crippen molar-refractivity contribution in [2.45, 2.75) is 6.42 Å². The molecule has 2 rings (SSSR count). The normalized spacial score (nSPS) is 10.7. The molecule has 0 saturated heterocycles. The van der Waals surface area contributed by atoms with Crippen molar-refractivity contribution < 1.29 is 9.66 Å². The molecule has 0 radical (unpaired) electrons. The first kappa shape index (κ1) is 13.8. The Bertz CT molecular complexity index is 621.